The SMILES string of the molecule is CC(C)(CC(=O)[O-])CC(=O)NC1Cc2ccccc2C1. The number of hydrogen-bond acceptors (Lipinski definition) is 3. The van der Waals surface area contributed by atoms with Crippen molar-refractivity contribution in [3.63, 3.8) is 0 Å². The Morgan fingerprint density at radius 1 is 1.20 bits per heavy atom. The second-order valence-electron chi connectivity index (χ2n) is 6.33. The lowest BCUT2D eigenvalue weighted by Crippen LogP contribution is -2.39. The molecule has 0 atom stereocenters. The van der Waals surface area contributed by atoms with Crippen LogP contribution >= 0.6 is 0 Å². The van der Waals surface area contributed by atoms with E-state index in [1.165, 1.54) is 11.1 Å². The van der Waals surface area contributed by atoms with Crippen molar-refractivity contribution in [3.8, 4) is 0 Å². The first-order chi connectivity index (χ1) is 9.35. The molecule has 108 valence electrons. The molecule has 20 heavy (non-hydrogen) atoms. The summed E-state index contributed by atoms with van der Waals surface area (Å²) in [6.07, 6.45) is 1.80. The van der Waals surface area contributed by atoms with Gasteiger partial charge in [-0.15, -0.1) is 0 Å². The van der Waals surface area contributed by atoms with Crippen LogP contribution in [-0.2, 0) is 22.4 Å². The molecular formula is C16H20NO3-. The van der Waals surface area contributed by atoms with Crippen molar-refractivity contribution in [2.75, 3.05) is 0 Å². The van der Waals surface area contributed by atoms with Crippen LogP contribution in [0.1, 0.15) is 37.8 Å². The molecule has 1 amide bonds. The average molecular weight is 274 g/mol. The highest BCUT2D eigenvalue weighted by Gasteiger charge is 2.26. The minimum atomic E-state index is -1.11. The van der Waals surface area contributed by atoms with E-state index in [0.717, 1.165) is 12.8 Å². The number of fused-ring (bicyclic) bond motifs is 1. The molecule has 0 saturated carbocycles. The molecule has 0 unspecified atom stereocenters. The van der Waals surface area contributed by atoms with Gasteiger partial charge in [0.2, 0.25) is 5.91 Å². The standard InChI is InChI=1S/C16H21NO3/c1-16(2,10-15(19)20)9-14(18)17-13-7-11-5-3-4-6-12(11)8-13/h3-6,13H,7-10H2,1-2H3,(H,17,18)(H,19,20)/p-1. The summed E-state index contributed by atoms with van der Waals surface area (Å²) in [6.45, 7) is 3.54. The summed E-state index contributed by atoms with van der Waals surface area (Å²) in [7, 11) is 0. The largest absolute Gasteiger partial charge is 0.550 e. The molecule has 0 fully saturated rings. The molecule has 1 N–H and O–H groups in total. The first kappa shape index (κ1) is 14.6. The van der Waals surface area contributed by atoms with Crippen molar-refractivity contribution in [1.29, 1.82) is 0 Å². The van der Waals surface area contributed by atoms with Gasteiger partial charge < -0.3 is 15.2 Å². The second-order valence-corrected chi connectivity index (χ2v) is 6.33. The molecule has 2 rings (SSSR count). The van der Waals surface area contributed by atoms with E-state index in [1.807, 2.05) is 12.1 Å². The molecule has 1 aliphatic rings. The minimum absolute atomic E-state index is 0.0888. The van der Waals surface area contributed by atoms with Crippen LogP contribution in [0.4, 0.5) is 0 Å². The number of aliphatic carboxylic acids is 1. The molecule has 0 aromatic heterocycles. The fourth-order valence-corrected chi connectivity index (χ4v) is 2.83. The number of carbonyl (C=O) groups is 2. The summed E-state index contributed by atoms with van der Waals surface area (Å²) < 4.78 is 0. The lowest BCUT2D eigenvalue weighted by molar-refractivity contribution is -0.307. The lowest BCUT2D eigenvalue weighted by Gasteiger charge is -2.25. The van der Waals surface area contributed by atoms with E-state index in [0.29, 0.717) is 0 Å². The van der Waals surface area contributed by atoms with Crippen LogP contribution in [0.5, 0.6) is 0 Å². The van der Waals surface area contributed by atoms with E-state index >= 15 is 0 Å². The summed E-state index contributed by atoms with van der Waals surface area (Å²) in [5, 5.41) is 13.6. The number of carbonyl (C=O) groups excluding carboxylic acids is 2. The van der Waals surface area contributed by atoms with Crippen LogP contribution in [0.25, 0.3) is 0 Å². The van der Waals surface area contributed by atoms with Gasteiger partial charge in [-0.1, -0.05) is 38.1 Å². The smallest absolute Gasteiger partial charge is 0.220 e. The summed E-state index contributed by atoms with van der Waals surface area (Å²) in [4.78, 5) is 22.7. The highest BCUT2D eigenvalue weighted by Crippen LogP contribution is 2.26. The van der Waals surface area contributed by atoms with E-state index in [-0.39, 0.29) is 24.8 Å². The summed E-state index contributed by atoms with van der Waals surface area (Å²) >= 11 is 0. The minimum Gasteiger partial charge on any atom is -0.550 e. The van der Waals surface area contributed by atoms with Gasteiger partial charge in [-0.25, -0.2) is 0 Å². The Hall–Kier alpha value is -1.84. The van der Waals surface area contributed by atoms with E-state index in [1.54, 1.807) is 13.8 Å². The lowest BCUT2D eigenvalue weighted by atomic mass is 9.85. The number of rotatable bonds is 5. The van der Waals surface area contributed by atoms with Crippen molar-refractivity contribution in [2.24, 2.45) is 5.41 Å². The zero-order valence-electron chi connectivity index (χ0n) is 11.9. The van der Waals surface area contributed by atoms with Gasteiger partial charge >= 0.3 is 0 Å². The summed E-state index contributed by atoms with van der Waals surface area (Å²) in [5.74, 6) is -1.20. The van der Waals surface area contributed by atoms with Crippen molar-refractivity contribution in [3.05, 3.63) is 35.4 Å². The second kappa shape index (κ2) is 5.65. The van der Waals surface area contributed by atoms with Gasteiger partial charge in [0.25, 0.3) is 0 Å². The number of hydrogen-bond donors (Lipinski definition) is 1. The number of amides is 1. The molecule has 0 radical (unpaired) electrons. The van der Waals surface area contributed by atoms with Crippen molar-refractivity contribution < 1.29 is 14.7 Å². The summed E-state index contributed by atoms with van der Waals surface area (Å²) in [5.41, 5.74) is 1.99. The van der Waals surface area contributed by atoms with Crippen LogP contribution in [0.2, 0.25) is 0 Å². The highest BCUT2D eigenvalue weighted by atomic mass is 16.4. The molecule has 0 bridgehead atoms. The number of carboxylic acid groups (broad SMARTS) is 1. The van der Waals surface area contributed by atoms with E-state index in [2.05, 4.69) is 17.4 Å². The van der Waals surface area contributed by atoms with Crippen LogP contribution in [0.3, 0.4) is 0 Å². The predicted molar refractivity (Wildman–Crippen MR) is 73.8 cm³/mol. The maximum absolute atomic E-state index is 12.0. The quantitative estimate of drug-likeness (QED) is 0.864. The monoisotopic (exact) mass is 274 g/mol. The molecule has 0 saturated heterocycles. The zero-order valence-corrected chi connectivity index (χ0v) is 11.9. The van der Waals surface area contributed by atoms with Crippen molar-refractivity contribution in [2.45, 2.75) is 45.6 Å². The van der Waals surface area contributed by atoms with Crippen LogP contribution in [0.15, 0.2) is 24.3 Å². The van der Waals surface area contributed by atoms with Gasteiger partial charge in [-0.2, -0.15) is 0 Å². The van der Waals surface area contributed by atoms with Gasteiger partial charge in [-0.3, -0.25) is 4.79 Å². The number of nitrogens with one attached hydrogen (secondary N) is 1. The Labute approximate surface area is 119 Å². The van der Waals surface area contributed by atoms with Gasteiger partial charge in [0.15, 0.2) is 0 Å². The van der Waals surface area contributed by atoms with Gasteiger partial charge in [0.05, 0.1) is 0 Å². The van der Waals surface area contributed by atoms with Crippen molar-refractivity contribution >= 4 is 11.9 Å². The molecule has 0 aliphatic heterocycles. The molecule has 0 heterocycles. The Kier molecular flexibility index (Phi) is 4.12. The number of benzene rings is 1. The predicted octanol–water partition coefficient (Wildman–Crippen LogP) is 0.826. The Morgan fingerprint density at radius 2 is 1.75 bits per heavy atom. The number of carboxylic acids is 1. The fourth-order valence-electron chi connectivity index (χ4n) is 2.83. The molecule has 1 aromatic carbocycles. The van der Waals surface area contributed by atoms with Crippen LogP contribution in [0, 0.1) is 5.41 Å². The Bertz CT molecular complexity index is 497. The van der Waals surface area contributed by atoms with Gasteiger partial charge in [0, 0.05) is 18.4 Å². The van der Waals surface area contributed by atoms with Gasteiger partial charge in [-0.05, 0) is 35.8 Å². The van der Waals surface area contributed by atoms with E-state index in [4.69, 9.17) is 0 Å². The third kappa shape index (κ3) is 3.83. The third-order valence-electron chi connectivity index (χ3n) is 3.68. The van der Waals surface area contributed by atoms with Crippen molar-refractivity contribution in [1.82, 2.24) is 5.32 Å². The molecule has 4 heteroatoms. The Morgan fingerprint density at radius 3 is 2.25 bits per heavy atom. The topological polar surface area (TPSA) is 69.2 Å². The van der Waals surface area contributed by atoms with Crippen LogP contribution in [-0.4, -0.2) is 17.9 Å². The van der Waals surface area contributed by atoms with E-state index < -0.39 is 11.4 Å². The van der Waals surface area contributed by atoms with E-state index in [9.17, 15) is 14.7 Å². The normalized spacial score (nSPS) is 14.9. The molecular weight excluding hydrogens is 254 g/mol. The fraction of sp³-hybridized carbons (Fsp3) is 0.500. The first-order valence-electron chi connectivity index (χ1n) is 6.92. The maximum Gasteiger partial charge on any atom is 0.220 e. The first-order valence-corrected chi connectivity index (χ1v) is 6.92. The average Bonchev–Trinajstić information content (AvgIpc) is 2.67. The summed E-state index contributed by atoms with van der Waals surface area (Å²) in [6, 6.07) is 8.31. The molecule has 1 aliphatic carbocycles. The maximum atomic E-state index is 12.0. The third-order valence-corrected chi connectivity index (χ3v) is 3.68. The van der Waals surface area contributed by atoms with Crippen LogP contribution < -0.4 is 10.4 Å². The Balaban J connectivity index is 1.86. The van der Waals surface area contributed by atoms with Gasteiger partial charge in [0.1, 0.15) is 0 Å². The zero-order chi connectivity index (χ0) is 14.8. The molecule has 0 spiro atoms. The molecule has 4 nitrogen and oxygen atoms in total. The highest BCUT2D eigenvalue weighted by molar-refractivity contribution is 5.78. The molecule has 1 aromatic rings.